The fraction of sp³-hybridized carbons (Fsp3) is 0.200. The summed E-state index contributed by atoms with van der Waals surface area (Å²) in [6, 6.07) is 12.7. The summed E-state index contributed by atoms with van der Waals surface area (Å²) in [5.74, 6) is -0.335. The summed E-state index contributed by atoms with van der Waals surface area (Å²) in [5, 5.41) is 7.50. The van der Waals surface area contributed by atoms with E-state index < -0.39 is 0 Å². The number of amides is 2. The first-order valence-corrected chi connectivity index (χ1v) is 9.73. The van der Waals surface area contributed by atoms with Crippen molar-refractivity contribution < 1.29 is 9.59 Å². The third-order valence-corrected chi connectivity index (χ3v) is 5.07. The second-order valence-corrected chi connectivity index (χ2v) is 7.36. The number of halogens is 1. The van der Waals surface area contributed by atoms with Crippen LogP contribution < -0.4 is 0 Å². The van der Waals surface area contributed by atoms with Gasteiger partial charge in [-0.3, -0.25) is 19.3 Å². The molecule has 0 aliphatic carbocycles. The van der Waals surface area contributed by atoms with Crippen molar-refractivity contribution in [3.63, 3.8) is 0 Å². The molecular weight excluding hydrogens is 422 g/mol. The molecule has 0 spiro atoms. The first kappa shape index (κ1) is 18.4. The third-order valence-electron chi connectivity index (χ3n) is 4.54. The molecule has 2 amide bonds. The molecular formula is C20H18BrN5O2. The number of hydrogen-bond donors (Lipinski definition) is 0. The van der Waals surface area contributed by atoms with E-state index in [1.807, 2.05) is 30.3 Å². The van der Waals surface area contributed by atoms with Crippen molar-refractivity contribution in [1.82, 2.24) is 24.8 Å². The van der Waals surface area contributed by atoms with Crippen molar-refractivity contribution >= 4 is 27.7 Å². The number of hydrazine groups is 1. The summed E-state index contributed by atoms with van der Waals surface area (Å²) in [5.41, 5.74) is 2.20. The number of carbonyl (C=O) groups excluding carboxylic acids is 2. The van der Waals surface area contributed by atoms with Crippen LogP contribution in [-0.4, -0.2) is 49.7 Å². The summed E-state index contributed by atoms with van der Waals surface area (Å²) < 4.78 is 2.49. The largest absolute Gasteiger partial charge is 0.272 e. The van der Waals surface area contributed by atoms with Crippen molar-refractivity contribution in [3.8, 4) is 11.3 Å². The lowest BCUT2D eigenvalue weighted by atomic mass is 10.2. The molecule has 3 heterocycles. The van der Waals surface area contributed by atoms with Crippen LogP contribution in [0.3, 0.4) is 0 Å². The third kappa shape index (κ3) is 3.82. The zero-order valence-corrected chi connectivity index (χ0v) is 16.6. The molecule has 2 aromatic heterocycles. The van der Waals surface area contributed by atoms with Gasteiger partial charge >= 0.3 is 0 Å². The highest BCUT2D eigenvalue weighted by atomic mass is 79.9. The summed E-state index contributed by atoms with van der Waals surface area (Å²) in [6.07, 6.45) is 5.95. The van der Waals surface area contributed by atoms with Crippen LogP contribution in [0.4, 0.5) is 0 Å². The van der Waals surface area contributed by atoms with Gasteiger partial charge in [-0.15, -0.1) is 0 Å². The van der Waals surface area contributed by atoms with Crippen LogP contribution in [0, 0.1) is 0 Å². The van der Waals surface area contributed by atoms with E-state index in [0.29, 0.717) is 18.7 Å². The van der Waals surface area contributed by atoms with Crippen LogP contribution in [0.15, 0.2) is 65.5 Å². The fourth-order valence-corrected chi connectivity index (χ4v) is 3.43. The number of benzene rings is 1. The molecule has 1 aliphatic rings. The minimum Gasteiger partial charge on any atom is -0.271 e. The van der Waals surface area contributed by atoms with E-state index in [2.05, 4.69) is 26.0 Å². The molecule has 0 N–H and O–H groups in total. The lowest BCUT2D eigenvalue weighted by molar-refractivity contribution is -0.141. The summed E-state index contributed by atoms with van der Waals surface area (Å²) >= 11 is 3.37. The molecule has 0 atom stereocenters. The highest BCUT2D eigenvalue weighted by Gasteiger charge is 2.31. The Hall–Kier alpha value is -3.00. The van der Waals surface area contributed by atoms with E-state index in [1.54, 1.807) is 35.4 Å². The van der Waals surface area contributed by atoms with Gasteiger partial charge in [-0.05, 0) is 48.9 Å². The molecule has 3 aromatic rings. The van der Waals surface area contributed by atoms with Gasteiger partial charge in [0.15, 0.2) is 0 Å². The lowest BCUT2D eigenvalue weighted by Gasteiger charge is -2.28. The van der Waals surface area contributed by atoms with E-state index in [-0.39, 0.29) is 18.4 Å². The van der Waals surface area contributed by atoms with Gasteiger partial charge in [0.2, 0.25) is 0 Å². The Morgan fingerprint density at radius 2 is 1.82 bits per heavy atom. The maximum absolute atomic E-state index is 12.8. The molecule has 0 radical (unpaired) electrons. The van der Waals surface area contributed by atoms with E-state index in [1.165, 1.54) is 10.0 Å². The average molecular weight is 440 g/mol. The van der Waals surface area contributed by atoms with E-state index in [0.717, 1.165) is 22.2 Å². The van der Waals surface area contributed by atoms with E-state index >= 15 is 0 Å². The van der Waals surface area contributed by atoms with Crippen LogP contribution in [-0.2, 0) is 11.3 Å². The Kier molecular flexibility index (Phi) is 5.21. The van der Waals surface area contributed by atoms with Gasteiger partial charge in [-0.25, -0.2) is 10.0 Å². The first-order valence-electron chi connectivity index (χ1n) is 8.93. The molecule has 1 saturated heterocycles. The Balaban J connectivity index is 1.46. The van der Waals surface area contributed by atoms with Gasteiger partial charge in [-0.1, -0.05) is 15.9 Å². The van der Waals surface area contributed by atoms with Crippen LogP contribution in [0.2, 0.25) is 0 Å². The molecule has 8 heteroatoms. The predicted octanol–water partition coefficient (Wildman–Crippen LogP) is 3.00. The predicted molar refractivity (Wildman–Crippen MR) is 107 cm³/mol. The zero-order chi connectivity index (χ0) is 19.5. The molecule has 1 aromatic carbocycles. The molecule has 0 unspecified atom stereocenters. The normalized spacial score (nSPS) is 13.8. The Morgan fingerprint density at radius 1 is 1.04 bits per heavy atom. The van der Waals surface area contributed by atoms with Gasteiger partial charge in [0.1, 0.15) is 6.54 Å². The smallest absolute Gasteiger partial charge is 0.271 e. The van der Waals surface area contributed by atoms with Crippen molar-refractivity contribution in [2.75, 3.05) is 13.1 Å². The molecule has 7 nitrogen and oxygen atoms in total. The maximum atomic E-state index is 12.8. The number of rotatable bonds is 4. The van der Waals surface area contributed by atoms with Gasteiger partial charge in [0.05, 0.1) is 5.69 Å². The summed E-state index contributed by atoms with van der Waals surface area (Å²) in [4.78, 5) is 29.7. The zero-order valence-electron chi connectivity index (χ0n) is 15.0. The van der Waals surface area contributed by atoms with E-state index in [4.69, 9.17) is 0 Å². The SMILES string of the molecule is O=C(Cn1ccc(-c2cccnc2)n1)N1CCCN1C(=O)c1ccc(Br)cc1. The molecule has 1 fully saturated rings. The molecule has 0 bridgehead atoms. The van der Waals surface area contributed by atoms with Crippen molar-refractivity contribution in [1.29, 1.82) is 0 Å². The second-order valence-electron chi connectivity index (χ2n) is 6.45. The number of nitrogens with zero attached hydrogens (tertiary/aromatic N) is 5. The van der Waals surface area contributed by atoms with Crippen LogP contribution in [0.25, 0.3) is 11.3 Å². The standard InChI is InChI=1S/C20H18BrN5O2/c21-17-6-4-15(5-7-17)20(28)26-11-2-10-25(26)19(27)14-24-12-8-18(23-24)16-3-1-9-22-13-16/h1,3-9,12-13H,2,10-11,14H2. The van der Waals surface area contributed by atoms with Gasteiger partial charge in [-0.2, -0.15) is 5.10 Å². The summed E-state index contributed by atoms with van der Waals surface area (Å²) in [7, 11) is 0. The van der Waals surface area contributed by atoms with Crippen molar-refractivity contribution in [2.24, 2.45) is 0 Å². The molecule has 0 saturated carbocycles. The minimum atomic E-state index is -0.171. The molecule has 142 valence electrons. The summed E-state index contributed by atoms with van der Waals surface area (Å²) in [6.45, 7) is 1.13. The Morgan fingerprint density at radius 3 is 2.57 bits per heavy atom. The molecule has 1 aliphatic heterocycles. The average Bonchev–Trinajstić information content (AvgIpc) is 3.38. The highest BCUT2D eigenvalue weighted by molar-refractivity contribution is 9.10. The van der Waals surface area contributed by atoms with Crippen LogP contribution >= 0.6 is 15.9 Å². The molecule has 28 heavy (non-hydrogen) atoms. The van der Waals surface area contributed by atoms with Crippen molar-refractivity contribution in [2.45, 2.75) is 13.0 Å². The van der Waals surface area contributed by atoms with E-state index in [9.17, 15) is 9.59 Å². The lowest BCUT2D eigenvalue weighted by Crippen LogP contribution is -2.46. The Bertz CT molecular complexity index is 987. The number of hydrogen-bond acceptors (Lipinski definition) is 4. The fourth-order valence-electron chi connectivity index (χ4n) is 3.16. The first-order chi connectivity index (χ1) is 13.6. The van der Waals surface area contributed by atoms with Gasteiger partial charge < -0.3 is 0 Å². The Labute approximate surface area is 170 Å². The number of carbonyl (C=O) groups is 2. The second kappa shape index (κ2) is 7.93. The quantitative estimate of drug-likeness (QED) is 0.626. The topological polar surface area (TPSA) is 71.3 Å². The van der Waals surface area contributed by atoms with Crippen LogP contribution in [0.5, 0.6) is 0 Å². The van der Waals surface area contributed by atoms with Crippen molar-refractivity contribution in [3.05, 3.63) is 71.1 Å². The maximum Gasteiger partial charge on any atom is 0.272 e. The van der Waals surface area contributed by atoms with Gasteiger partial charge in [0, 0.05) is 47.3 Å². The monoisotopic (exact) mass is 439 g/mol. The van der Waals surface area contributed by atoms with Crippen LogP contribution in [0.1, 0.15) is 16.8 Å². The number of pyridine rings is 1. The minimum absolute atomic E-state index is 0.0738. The van der Waals surface area contributed by atoms with Gasteiger partial charge in [0.25, 0.3) is 11.8 Å². The number of aromatic nitrogens is 3. The molecule has 4 rings (SSSR count). The highest BCUT2D eigenvalue weighted by Crippen LogP contribution is 2.19.